The van der Waals surface area contributed by atoms with Crippen molar-refractivity contribution in [2.24, 2.45) is 5.10 Å². The Morgan fingerprint density at radius 1 is 1.40 bits per heavy atom. The predicted molar refractivity (Wildman–Crippen MR) is 61.3 cm³/mol. The summed E-state index contributed by atoms with van der Waals surface area (Å²) in [7, 11) is 0. The van der Waals surface area contributed by atoms with Crippen molar-refractivity contribution in [2.45, 2.75) is 6.42 Å². The fourth-order valence-electron chi connectivity index (χ4n) is 1.82. The summed E-state index contributed by atoms with van der Waals surface area (Å²) in [5, 5.41) is 7.12. The number of rotatable bonds is 0. The van der Waals surface area contributed by atoms with Gasteiger partial charge < -0.3 is 0 Å². The van der Waals surface area contributed by atoms with E-state index in [0.29, 0.717) is 6.42 Å². The summed E-state index contributed by atoms with van der Waals surface area (Å²) < 4.78 is 1.21. The Morgan fingerprint density at radius 3 is 3.27 bits per heavy atom. The molecule has 0 fully saturated rings. The Labute approximate surface area is 90.4 Å². The molecule has 0 atom stereocenters. The third kappa shape index (κ3) is 1.34. The summed E-state index contributed by atoms with van der Waals surface area (Å²) in [4.78, 5) is 11.4. The van der Waals surface area contributed by atoms with Gasteiger partial charge in [-0.2, -0.15) is 5.10 Å². The Balaban J connectivity index is 2.36. The first-order valence-corrected chi connectivity index (χ1v) is 5.53. The van der Waals surface area contributed by atoms with E-state index in [4.69, 9.17) is 0 Å². The van der Waals surface area contributed by atoms with Gasteiger partial charge in [0.05, 0.1) is 12.6 Å². The molecule has 2 heterocycles. The van der Waals surface area contributed by atoms with Crippen molar-refractivity contribution in [1.82, 2.24) is 5.43 Å². The molecule has 1 aromatic carbocycles. The van der Waals surface area contributed by atoms with Crippen LogP contribution in [-0.4, -0.2) is 12.1 Å². The van der Waals surface area contributed by atoms with Crippen LogP contribution in [0.1, 0.15) is 11.1 Å². The fourth-order valence-corrected chi connectivity index (χ4v) is 2.77. The number of nitrogens with one attached hydrogen (secondary N) is 1. The van der Waals surface area contributed by atoms with E-state index in [1.807, 2.05) is 12.1 Å². The molecule has 0 saturated carbocycles. The summed E-state index contributed by atoms with van der Waals surface area (Å²) in [6, 6.07) is 6.06. The molecule has 1 amide bonds. The molecule has 1 aromatic heterocycles. The quantitative estimate of drug-likeness (QED) is 0.718. The van der Waals surface area contributed by atoms with Crippen LogP contribution in [0.5, 0.6) is 0 Å². The maximum atomic E-state index is 11.4. The predicted octanol–water partition coefficient (Wildman–Crippen LogP) is 1.91. The minimum atomic E-state index is -0.0596. The number of nitrogens with zero attached hydrogens (tertiary/aromatic N) is 1. The molecular weight excluding hydrogens is 208 g/mol. The van der Waals surface area contributed by atoms with Crippen LogP contribution in [0.15, 0.2) is 28.7 Å². The topological polar surface area (TPSA) is 41.5 Å². The average Bonchev–Trinajstić information content (AvgIpc) is 2.60. The molecule has 0 aliphatic carbocycles. The molecule has 1 aliphatic heterocycles. The largest absolute Gasteiger partial charge is 0.273 e. The number of thiophene rings is 1. The van der Waals surface area contributed by atoms with Crippen LogP contribution in [0, 0.1) is 0 Å². The molecule has 1 N–H and O–H groups in total. The van der Waals surface area contributed by atoms with E-state index >= 15 is 0 Å². The van der Waals surface area contributed by atoms with Gasteiger partial charge in [0, 0.05) is 21.0 Å². The normalized spacial score (nSPS) is 16.9. The van der Waals surface area contributed by atoms with Crippen molar-refractivity contribution < 1.29 is 4.79 Å². The van der Waals surface area contributed by atoms with Crippen molar-refractivity contribution >= 4 is 33.5 Å². The fraction of sp³-hybridized carbons (Fsp3) is 0.0909. The maximum absolute atomic E-state index is 11.4. The molecule has 4 heteroatoms. The third-order valence-corrected chi connectivity index (χ3v) is 3.42. The van der Waals surface area contributed by atoms with Gasteiger partial charge in [0.1, 0.15) is 0 Å². The smallest absolute Gasteiger partial charge is 0.244 e. The van der Waals surface area contributed by atoms with Gasteiger partial charge in [-0.05, 0) is 11.6 Å². The average molecular weight is 216 g/mol. The van der Waals surface area contributed by atoms with Gasteiger partial charge >= 0.3 is 0 Å². The van der Waals surface area contributed by atoms with Gasteiger partial charge in [-0.3, -0.25) is 4.79 Å². The molecule has 0 spiro atoms. The van der Waals surface area contributed by atoms with Gasteiger partial charge in [0.15, 0.2) is 0 Å². The maximum Gasteiger partial charge on any atom is 0.244 e. The zero-order valence-electron chi connectivity index (χ0n) is 7.86. The molecule has 74 valence electrons. The van der Waals surface area contributed by atoms with Gasteiger partial charge in [0.25, 0.3) is 0 Å². The van der Waals surface area contributed by atoms with Crippen molar-refractivity contribution in [1.29, 1.82) is 0 Å². The van der Waals surface area contributed by atoms with E-state index in [2.05, 4.69) is 22.0 Å². The highest BCUT2D eigenvalue weighted by atomic mass is 32.1. The molecule has 0 unspecified atom stereocenters. The Hall–Kier alpha value is -1.68. The van der Waals surface area contributed by atoms with Gasteiger partial charge in [-0.15, -0.1) is 11.3 Å². The van der Waals surface area contributed by atoms with Gasteiger partial charge in [-0.1, -0.05) is 12.1 Å². The number of amides is 1. The van der Waals surface area contributed by atoms with Crippen molar-refractivity contribution in [3.05, 3.63) is 34.7 Å². The summed E-state index contributed by atoms with van der Waals surface area (Å²) in [6.07, 6.45) is 2.11. The number of benzene rings is 1. The van der Waals surface area contributed by atoms with E-state index in [0.717, 1.165) is 11.1 Å². The van der Waals surface area contributed by atoms with Crippen LogP contribution >= 0.6 is 11.3 Å². The van der Waals surface area contributed by atoms with E-state index < -0.39 is 0 Å². The van der Waals surface area contributed by atoms with Crippen LogP contribution in [-0.2, 0) is 11.2 Å². The first-order chi connectivity index (χ1) is 7.34. The minimum absolute atomic E-state index is 0.0596. The summed E-state index contributed by atoms with van der Waals surface area (Å²) in [5.74, 6) is -0.0596. The highest BCUT2D eigenvalue weighted by Crippen LogP contribution is 2.28. The lowest BCUT2D eigenvalue weighted by Crippen LogP contribution is -2.21. The SMILES string of the molecule is O=C1Cc2cccc3scc(c23)/C=N\N1. The monoisotopic (exact) mass is 216 g/mol. The molecule has 3 rings (SSSR count). The second-order valence-electron chi connectivity index (χ2n) is 3.45. The molecule has 1 aliphatic rings. The van der Waals surface area contributed by atoms with Gasteiger partial charge in [-0.25, -0.2) is 5.43 Å². The first kappa shape index (κ1) is 8.61. The lowest BCUT2D eigenvalue weighted by Gasteiger charge is -2.06. The summed E-state index contributed by atoms with van der Waals surface area (Å²) in [5.41, 5.74) is 4.66. The van der Waals surface area contributed by atoms with E-state index in [1.165, 1.54) is 10.1 Å². The molecule has 0 bridgehead atoms. The van der Waals surface area contributed by atoms with Gasteiger partial charge in [0.2, 0.25) is 5.91 Å². The Bertz CT molecular complexity index is 571. The van der Waals surface area contributed by atoms with Crippen LogP contribution in [0.25, 0.3) is 10.1 Å². The number of hydrazone groups is 1. The standard InChI is InChI=1S/C11H8N2OS/c14-10-4-7-2-1-3-9-11(7)8(6-15-9)5-12-13-10/h1-3,5-6H,4H2,(H,13,14)/b12-5-. The zero-order chi connectivity index (χ0) is 10.3. The molecular formula is C11H8N2OS. The van der Waals surface area contributed by atoms with Crippen LogP contribution in [0.4, 0.5) is 0 Å². The lowest BCUT2D eigenvalue weighted by atomic mass is 10.0. The highest BCUT2D eigenvalue weighted by Gasteiger charge is 2.12. The first-order valence-electron chi connectivity index (χ1n) is 4.65. The Kier molecular flexibility index (Phi) is 1.82. The van der Waals surface area contributed by atoms with Crippen molar-refractivity contribution in [3.63, 3.8) is 0 Å². The second-order valence-corrected chi connectivity index (χ2v) is 4.36. The zero-order valence-corrected chi connectivity index (χ0v) is 8.67. The highest BCUT2D eigenvalue weighted by molar-refractivity contribution is 7.17. The second kappa shape index (κ2) is 3.17. The molecule has 15 heavy (non-hydrogen) atoms. The van der Waals surface area contributed by atoms with E-state index in [1.54, 1.807) is 17.6 Å². The van der Waals surface area contributed by atoms with Crippen LogP contribution in [0.3, 0.4) is 0 Å². The van der Waals surface area contributed by atoms with E-state index in [-0.39, 0.29) is 5.91 Å². The molecule has 0 radical (unpaired) electrons. The lowest BCUT2D eigenvalue weighted by molar-refractivity contribution is -0.120. The van der Waals surface area contributed by atoms with Crippen molar-refractivity contribution in [2.75, 3.05) is 0 Å². The number of hydrogen-bond acceptors (Lipinski definition) is 3. The molecule has 3 nitrogen and oxygen atoms in total. The van der Waals surface area contributed by atoms with Crippen LogP contribution < -0.4 is 5.43 Å². The van der Waals surface area contributed by atoms with Crippen molar-refractivity contribution in [3.8, 4) is 0 Å². The summed E-state index contributed by atoms with van der Waals surface area (Å²) in [6.45, 7) is 0. The summed E-state index contributed by atoms with van der Waals surface area (Å²) >= 11 is 1.68. The third-order valence-electron chi connectivity index (χ3n) is 2.46. The number of carbonyl (C=O) groups excluding carboxylic acids is 1. The van der Waals surface area contributed by atoms with E-state index in [9.17, 15) is 4.79 Å². The molecule has 2 aromatic rings. The number of hydrogen-bond donors (Lipinski definition) is 1. The van der Waals surface area contributed by atoms with Crippen LogP contribution in [0.2, 0.25) is 0 Å². The molecule has 0 saturated heterocycles. The Morgan fingerprint density at radius 2 is 2.33 bits per heavy atom. The number of carbonyl (C=O) groups is 1. The minimum Gasteiger partial charge on any atom is -0.273 e.